The number of hydrogen-bond acceptors (Lipinski definition) is 2. The summed E-state index contributed by atoms with van der Waals surface area (Å²) < 4.78 is 38.9. The average Bonchev–Trinajstić information content (AvgIpc) is 2.14. The van der Waals surface area contributed by atoms with Crippen LogP contribution in [-0.4, -0.2) is 16.2 Å². The smallest absolute Gasteiger partial charge is 0.309 e. The Bertz CT molecular complexity index is 397. The van der Waals surface area contributed by atoms with Crippen LogP contribution in [-0.2, 0) is 4.79 Å². The highest BCUT2D eigenvalue weighted by molar-refractivity contribution is 5.70. The van der Waals surface area contributed by atoms with Gasteiger partial charge in [-0.15, -0.1) is 0 Å². The summed E-state index contributed by atoms with van der Waals surface area (Å²) in [6.45, 7) is 1.09. The van der Waals surface area contributed by atoms with Crippen molar-refractivity contribution in [2.75, 3.05) is 0 Å². The van der Waals surface area contributed by atoms with Crippen molar-refractivity contribution in [1.82, 2.24) is 0 Å². The van der Waals surface area contributed by atoms with Gasteiger partial charge in [0.2, 0.25) is 0 Å². The second-order valence-corrected chi connectivity index (χ2v) is 3.35. The van der Waals surface area contributed by atoms with Crippen molar-refractivity contribution in [1.29, 1.82) is 0 Å². The van der Waals surface area contributed by atoms with E-state index in [1.54, 1.807) is 0 Å². The normalized spacial score (nSPS) is 14.6. The van der Waals surface area contributed by atoms with Crippen LogP contribution in [0.5, 0.6) is 0 Å². The third-order valence-electron chi connectivity index (χ3n) is 2.20. The number of halogens is 3. The monoisotopic (exact) mass is 234 g/mol. The minimum Gasteiger partial charge on any atom is -0.481 e. The fraction of sp³-hybridized carbons (Fsp3) is 0.300. The number of aliphatic hydroxyl groups is 1. The molecule has 16 heavy (non-hydrogen) atoms. The Morgan fingerprint density at radius 2 is 1.69 bits per heavy atom. The van der Waals surface area contributed by atoms with Gasteiger partial charge in [0.25, 0.3) is 0 Å². The summed E-state index contributed by atoms with van der Waals surface area (Å²) in [6.07, 6.45) is -1.86. The van der Waals surface area contributed by atoms with Gasteiger partial charge in [0.15, 0.2) is 0 Å². The number of benzene rings is 1. The highest BCUT2D eigenvalue weighted by Crippen LogP contribution is 2.27. The van der Waals surface area contributed by atoms with Crippen LogP contribution in [0.25, 0.3) is 0 Å². The Balaban J connectivity index is 3.18. The van der Waals surface area contributed by atoms with E-state index >= 15 is 0 Å². The molecule has 0 saturated carbocycles. The summed E-state index contributed by atoms with van der Waals surface area (Å²) in [5.41, 5.74) is -0.837. The maximum Gasteiger partial charge on any atom is 0.309 e. The fourth-order valence-electron chi connectivity index (χ4n) is 1.22. The molecule has 0 aliphatic carbocycles. The molecule has 0 aromatic heterocycles. The number of rotatable bonds is 3. The summed E-state index contributed by atoms with van der Waals surface area (Å²) in [5.74, 6) is -6.55. The molecule has 2 atom stereocenters. The van der Waals surface area contributed by atoms with Crippen LogP contribution in [0.1, 0.15) is 18.6 Å². The predicted molar refractivity (Wildman–Crippen MR) is 48.1 cm³/mol. The van der Waals surface area contributed by atoms with Gasteiger partial charge in [0.05, 0.1) is 17.6 Å². The number of aliphatic carboxylic acids is 1. The van der Waals surface area contributed by atoms with E-state index < -0.39 is 41.0 Å². The number of aliphatic hydroxyl groups excluding tert-OH is 1. The van der Waals surface area contributed by atoms with Crippen LogP contribution in [0.2, 0.25) is 0 Å². The molecule has 0 fully saturated rings. The van der Waals surface area contributed by atoms with Crippen LogP contribution < -0.4 is 0 Å². The van der Waals surface area contributed by atoms with Gasteiger partial charge in [0, 0.05) is 12.1 Å². The van der Waals surface area contributed by atoms with Crippen LogP contribution in [0.3, 0.4) is 0 Å². The number of carboxylic acids is 1. The molecule has 0 spiro atoms. The highest BCUT2D eigenvalue weighted by atomic mass is 19.1. The minimum absolute atomic E-state index is 0.385. The number of carbonyl (C=O) groups is 1. The van der Waals surface area contributed by atoms with Gasteiger partial charge in [0.1, 0.15) is 17.5 Å². The van der Waals surface area contributed by atoms with Crippen LogP contribution in [0, 0.1) is 23.4 Å². The van der Waals surface area contributed by atoms with E-state index in [1.165, 1.54) is 0 Å². The van der Waals surface area contributed by atoms with Crippen molar-refractivity contribution >= 4 is 5.97 Å². The second-order valence-electron chi connectivity index (χ2n) is 3.35. The largest absolute Gasteiger partial charge is 0.481 e. The molecule has 1 rings (SSSR count). The summed E-state index contributed by atoms with van der Waals surface area (Å²) in [4.78, 5) is 10.5. The summed E-state index contributed by atoms with van der Waals surface area (Å²) in [6, 6.07) is 0.770. The van der Waals surface area contributed by atoms with Crippen molar-refractivity contribution in [3.8, 4) is 0 Å². The van der Waals surface area contributed by atoms with Crippen LogP contribution in [0.4, 0.5) is 13.2 Å². The molecule has 6 heteroatoms. The third kappa shape index (κ3) is 2.33. The zero-order valence-corrected chi connectivity index (χ0v) is 8.25. The first-order valence-corrected chi connectivity index (χ1v) is 4.40. The van der Waals surface area contributed by atoms with E-state index in [9.17, 15) is 23.1 Å². The Morgan fingerprint density at radius 1 is 1.25 bits per heavy atom. The van der Waals surface area contributed by atoms with E-state index in [4.69, 9.17) is 5.11 Å². The molecular formula is C10H9F3O3. The van der Waals surface area contributed by atoms with Crippen molar-refractivity contribution in [3.05, 3.63) is 35.1 Å². The number of hydrogen-bond donors (Lipinski definition) is 2. The molecule has 0 saturated heterocycles. The molecule has 1 aromatic carbocycles. The zero-order valence-electron chi connectivity index (χ0n) is 8.25. The Hall–Kier alpha value is -1.56. The van der Waals surface area contributed by atoms with Gasteiger partial charge in [-0.05, 0) is 6.92 Å². The maximum atomic E-state index is 13.2. The lowest BCUT2D eigenvalue weighted by atomic mass is 9.96. The maximum absolute atomic E-state index is 13.2. The molecule has 0 aliphatic rings. The molecular weight excluding hydrogens is 225 g/mol. The van der Waals surface area contributed by atoms with Gasteiger partial charge in [-0.3, -0.25) is 4.79 Å². The van der Waals surface area contributed by atoms with Crippen LogP contribution in [0.15, 0.2) is 12.1 Å². The summed E-state index contributed by atoms with van der Waals surface area (Å²) >= 11 is 0. The van der Waals surface area contributed by atoms with Gasteiger partial charge in [-0.2, -0.15) is 0 Å². The first-order chi connectivity index (χ1) is 7.34. The van der Waals surface area contributed by atoms with Crippen molar-refractivity contribution < 1.29 is 28.2 Å². The Morgan fingerprint density at radius 3 is 2.06 bits per heavy atom. The van der Waals surface area contributed by atoms with Crippen molar-refractivity contribution in [2.45, 2.75) is 13.0 Å². The highest BCUT2D eigenvalue weighted by Gasteiger charge is 2.28. The standard InChI is InChI=1S/C10H9F3O3/c1-4(10(15)16)9(14)8-6(12)2-5(11)3-7(8)13/h2-4,9,14H,1H3,(H,15,16). The van der Waals surface area contributed by atoms with E-state index in [2.05, 4.69) is 0 Å². The van der Waals surface area contributed by atoms with E-state index in [0.717, 1.165) is 6.92 Å². The Labute approximate surface area is 89.1 Å². The van der Waals surface area contributed by atoms with Crippen molar-refractivity contribution in [2.24, 2.45) is 5.92 Å². The van der Waals surface area contributed by atoms with Gasteiger partial charge in [-0.1, -0.05) is 0 Å². The Kier molecular flexibility index (Phi) is 3.54. The molecule has 0 heterocycles. The topological polar surface area (TPSA) is 57.5 Å². The molecule has 2 unspecified atom stereocenters. The molecule has 0 bridgehead atoms. The minimum atomic E-state index is -1.86. The second kappa shape index (κ2) is 4.52. The van der Waals surface area contributed by atoms with Gasteiger partial charge < -0.3 is 10.2 Å². The van der Waals surface area contributed by atoms with Gasteiger partial charge >= 0.3 is 5.97 Å². The van der Waals surface area contributed by atoms with Crippen LogP contribution >= 0.6 is 0 Å². The molecule has 0 radical (unpaired) electrons. The lowest BCUT2D eigenvalue weighted by Crippen LogP contribution is -2.20. The predicted octanol–water partition coefficient (Wildman–Crippen LogP) is 1.86. The first kappa shape index (κ1) is 12.5. The lowest BCUT2D eigenvalue weighted by molar-refractivity contribution is -0.145. The molecule has 2 N–H and O–H groups in total. The van der Waals surface area contributed by atoms with E-state index in [0.29, 0.717) is 12.1 Å². The molecule has 3 nitrogen and oxygen atoms in total. The van der Waals surface area contributed by atoms with Gasteiger partial charge in [-0.25, -0.2) is 13.2 Å². The number of carboxylic acid groups (broad SMARTS) is 1. The summed E-state index contributed by atoms with van der Waals surface area (Å²) in [7, 11) is 0. The van der Waals surface area contributed by atoms with E-state index in [1.807, 2.05) is 0 Å². The van der Waals surface area contributed by atoms with E-state index in [-0.39, 0.29) is 0 Å². The SMILES string of the molecule is CC(C(=O)O)C(O)c1c(F)cc(F)cc1F. The fourth-order valence-corrected chi connectivity index (χ4v) is 1.22. The molecule has 1 aromatic rings. The molecule has 0 amide bonds. The lowest BCUT2D eigenvalue weighted by Gasteiger charge is -2.16. The quantitative estimate of drug-likeness (QED) is 0.839. The molecule has 0 aliphatic heterocycles. The summed E-state index contributed by atoms with van der Waals surface area (Å²) in [5, 5.41) is 18.0. The first-order valence-electron chi connectivity index (χ1n) is 4.40. The third-order valence-corrected chi connectivity index (χ3v) is 2.20. The average molecular weight is 234 g/mol. The van der Waals surface area contributed by atoms with Crippen molar-refractivity contribution in [3.63, 3.8) is 0 Å². The molecule has 88 valence electrons. The zero-order chi connectivity index (χ0) is 12.5.